The summed E-state index contributed by atoms with van der Waals surface area (Å²) < 4.78 is 10.4. The number of para-hydroxylation sites is 2. The van der Waals surface area contributed by atoms with Gasteiger partial charge in [0.25, 0.3) is 0 Å². The Morgan fingerprint density at radius 1 is 1.03 bits per heavy atom. The van der Waals surface area contributed by atoms with Gasteiger partial charge in [0.15, 0.2) is 10.6 Å². The molecule has 1 aromatic heterocycles. The molecule has 168 valence electrons. The minimum absolute atomic E-state index is 0.0227. The van der Waals surface area contributed by atoms with Crippen LogP contribution in [-0.4, -0.2) is 35.6 Å². The smallest absolute Gasteiger partial charge is 0.400 e. The third-order valence-electron chi connectivity index (χ3n) is 4.66. The van der Waals surface area contributed by atoms with Gasteiger partial charge in [-0.3, -0.25) is 0 Å². The van der Waals surface area contributed by atoms with Crippen molar-refractivity contribution in [2.75, 3.05) is 19.6 Å². The fraction of sp³-hybridized carbons (Fsp3) is 0.609. The molecule has 0 fully saturated rings. The largest absolute Gasteiger partial charge is 0.550 e. The lowest BCUT2D eigenvalue weighted by atomic mass is 10.2. The number of carboxylic acids is 1. The van der Waals surface area contributed by atoms with Crippen molar-refractivity contribution < 1.29 is 24.0 Å². The third-order valence-corrected chi connectivity index (χ3v) is 4.95. The molecule has 6 nitrogen and oxygen atoms in total. The number of aromatic nitrogens is 1. The minimum Gasteiger partial charge on any atom is -0.550 e. The summed E-state index contributed by atoms with van der Waals surface area (Å²) in [6, 6.07) is 7.16. The first-order valence-electron chi connectivity index (χ1n) is 11.1. The Balaban J connectivity index is 0.000000314. The summed E-state index contributed by atoms with van der Waals surface area (Å²) in [7, 11) is 0. The van der Waals surface area contributed by atoms with Gasteiger partial charge in [-0.1, -0.05) is 52.2 Å². The molecular formula is C23H36N2O4S. The van der Waals surface area contributed by atoms with Gasteiger partial charge < -0.3 is 24.0 Å². The van der Waals surface area contributed by atoms with Crippen molar-refractivity contribution in [2.45, 2.75) is 72.1 Å². The quantitative estimate of drug-likeness (QED) is 0.485. The van der Waals surface area contributed by atoms with Gasteiger partial charge in [-0.05, 0) is 50.0 Å². The average molecular weight is 437 g/mol. The molecule has 0 aliphatic carbocycles. The SMILES string of the molecule is CCCC[NH+](CCCC)CCCC.O=C([O-])CCC(=S)Oc1nc2ccccc2o1. The number of hydrogen-bond donors (Lipinski definition) is 1. The molecule has 1 heterocycles. The predicted octanol–water partition coefficient (Wildman–Crippen LogP) is 3.34. The Kier molecular flexibility index (Phi) is 13.7. The lowest BCUT2D eigenvalue weighted by molar-refractivity contribution is -0.900. The molecule has 1 N–H and O–H groups in total. The van der Waals surface area contributed by atoms with E-state index >= 15 is 0 Å². The molecule has 7 heteroatoms. The highest BCUT2D eigenvalue weighted by Crippen LogP contribution is 2.20. The molecule has 0 bridgehead atoms. The van der Waals surface area contributed by atoms with E-state index < -0.39 is 5.97 Å². The highest BCUT2D eigenvalue weighted by molar-refractivity contribution is 7.80. The van der Waals surface area contributed by atoms with Crippen LogP contribution in [0, 0.1) is 0 Å². The highest BCUT2D eigenvalue weighted by atomic mass is 32.1. The van der Waals surface area contributed by atoms with Gasteiger partial charge in [0, 0.05) is 12.4 Å². The Morgan fingerprint density at radius 3 is 2.10 bits per heavy atom. The maximum absolute atomic E-state index is 10.2. The molecule has 0 aliphatic heterocycles. The number of carbonyl (C=O) groups is 1. The van der Waals surface area contributed by atoms with Gasteiger partial charge in [-0.25, -0.2) is 0 Å². The van der Waals surface area contributed by atoms with Gasteiger partial charge in [0.2, 0.25) is 0 Å². The third kappa shape index (κ3) is 11.3. The fourth-order valence-corrected chi connectivity index (χ4v) is 3.08. The first-order valence-corrected chi connectivity index (χ1v) is 11.5. The lowest BCUT2D eigenvalue weighted by Crippen LogP contribution is -3.12. The van der Waals surface area contributed by atoms with Crippen molar-refractivity contribution in [1.82, 2.24) is 4.98 Å². The Bertz CT molecular complexity index is 696. The second-order valence-electron chi connectivity index (χ2n) is 7.35. The van der Waals surface area contributed by atoms with Gasteiger partial charge in [0.1, 0.15) is 5.52 Å². The Labute approximate surface area is 185 Å². The summed E-state index contributed by atoms with van der Waals surface area (Å²) in [5, 5.41) is 10.3. The summed E-state index contributed by atoms with van der Waals surface area (Å²) >= 11 is 4.85. The monoisotopic (exact) mass is 436 g/mol. The number of rotatable bonds is 13. The van der Waals surface area contributed by atoms with Crippen molar-refractivity contribution in [3.8, 4) is 6.08 Å². The highest BCUT2D eigenvalue weighted by Gasteiger charge is 2.09. The van der Waals surface area contributed by atoms with E-state index in [0.29, 0.717) is 11.1 Å². The average Bonchev–Trinajstić information content (AvgIpc) is 3.14. The van der Waals surface area contributed by atoms with Crippen LogP contribution in [-0.2, 0) is 4.79 Å². The molecule has 2 rings (SSSR count). The zero-order valence-corrected chi connectivity index (χ0v) is 19.4. The van der Waals surface area contributed by atoms with Gasteiger partial charge in [0.05, 0.1) is 19.6 Å². The molecule has 0 atom stereocenters. The molecule has 0 unspecified atom stereocenters. The zero-order chi connectivity index (χ0) is 22.2. The number of unbranched alkanes of at least 4 members (excludes halogenated alkanes) is 3. The molecule has 30 heavy (non-hydrogen) atoms. The number of carboxylic acid groups (broad SMARTS) is 1. The number of fused-ring (bicyclic) bond motifs is 1. The number of oxazole rings is 1. The van der Waals surface area contributed by atoms with Crippen LogP contribution in [0.1, 0.15) is 72.1 Å². The number of ether oxygens (including phenoxy) is 1. The van der Waals surface area contributed by atoms with E-state index in [-0.39, 0.29) is 24.0 Å². The second kappa shape index (κ2) is 15.8. The summed E-state index contributed by atoms with van der Waals surface area (Å²) in [5.74, 6) is -1.17. The van der Waals surface area contributed by atoms with E-state index in [4.69, 9.17) is 21.4 Å². The van der Waals surface area contributed by atoms with Crippen molar-refractivity contribution in [3.05, 3.63) is 24.3 Å². The summed E-state index contributed by atoms with van der Waals surface area (Å²) in [6.45, 7) is 11.1. The first-order chi connectivity index (χ1) is 14.5. The van der Waals surface area contributed by atoms with E-state index in [9.17, 15) is 9.90 Å². The number of hydrogen-bond acceptors (Lipinski definition) is 6. The molecule has 0 radical (unpaired) electrons. The van der Waals surface area contributed by atoms with Crippen molar-refractivity contribution in [2.24, 2.45) is 0 Å². The number of benzene rings is 1. The van der Waals surface area contributed by atoms with Crippen molar-refractivity contribution >= 4 is 34.3 Å². The van der Waals surface area contributed by atoms with Crippen LogP contribution in [0.2, 0.25) is 0 Å². The summed E-state index contributed by atoms with van der Waals surface area (Å²) in [5.41, 5.74) is 1.25. The number of carbonyl (C=O) groups excluding carboxylic acids is 1. The van der Waals surface area contributed by atoms with Crippen LogP contribution in [0.3, 0.4) is 0 Å². The molecule has 2 aromatic rings. The van der Waals surface area contributed by atoms with E-state index in [1.165, 1.54) is 58.2 Å². The standard InChI is InChI=1S/C12H27N.C11H9NO4S/c1-4-7-10-13(11-8-5-2)12-9-6-3;13-9(14)5-6-10(17)16-11-12-7-3-1-2-4-8(7)15-11/h4-12H2,1-3H3;1-4H,5-6H2,(H,13,14). The van der Waals surface area contributed by atoms with Crippen LogP contribution in [0.5, 0.6) is 6.08 Å². The summed E-state index contributed by atoms with van der Waals surface area (Å²) in [4.78, 5) is 16.1. The van der Waals surface area contributed by atoms with E-state index in [1.54, 1.807) is 12.1 Å². The predicted molar refractivity (Wildman–Crippen MR) is 122 cm³/mol. The van der Waals surface area contributed by atoms with Gasteiger partial charge >= 0.3 is 6.08 Å². The van der Waals surface area contributed by atoms with Gasteiger partial charge in [-0.2, -0.15) is 4.98 Å². The van der Waals surface area contributed by atoms with Crippen LogP contribution < -0.4 is 14.7 Å². The molecule has 0 amide bonds. The number of nitrogens with zero attached hydrogens (tertiary/aromatic N) is 1. The normalized spacial score (nSPS) is 10.7. The lowest BCUT2D eigenvalue weighted by Gasteiger charge is -2.18. The maximum Gasteiger partial charge on any atom is 0.400 e. The molecule has 0 saturated heterocycles. The van der Waals surface area contributed by atoms with E-state index in [1.807, 2.05) is 17.0 Å². The molecular weight excluding hydrogens is 400 g/mol. The Hall–Kier alpha value is -1.99. The van der Waals surface area contributed by atoms with Gasteiger partial charge in [-0.15, -0.1) is 0 Å². The van der Waals surface area contributed by atoms with Crippen LogP contribution in [0.25, 0.3) is 11.1 Å². The molecule has 0 aliphatic rings. The Morgan fingerprint density at radius 2 is 1.60 bits per heavy atom. The summed E-state index contributed by atoms with van der Waals surface area (Å²) in [6.07, 6.45) is 8.20. The van der Waals surface area contributed by atoms with Crippen LogP contribution >= 0.6 is 12.2 Å². The fourth-order valence-electron chi connectivity index (χ4n) is 2.90. The number of quaternary nitrogens is 1. The van der Waals surface area contributed by atoms with E-state index in [0.717, 1.165) is 0 Å². The molecule has 0 saturated carbocycles. The number of nitrogens with one attached hydrogen (secondary N) is 1. The number of aliphatic carboxylic acids is 1. The number of thiocarbonyl (C=S) groups is 1. The van der Waals surface area contributed by atoms with Crippen LogP contribution in [0.15, 0.2) is 28.7 Å². The maximum atomic E-state index is 10.2. The van der Waals surface area contributed by atoms with Crippen molar-refractivity contribution in [1.29, 1.82) is 0 Å². The zero-order valence-electron chi connectivity index (χ0n) is 18.6. The second-order valence-corrected chi connectivity index (χ2v) is 7.81. The first kappa shape index (κ1) is 26.0. The topological polar surface area (TPSA) is 79.8 Å². The van der Waals surface area contributed by atoms with Crippen molar-refractivity contribution in [3.63, 3.8) is 0 Å². The molecule has 0 spiro atoms. The molecule has 1 aromatic carbocycles. The van der Waals surface area contributed by atoms with E-state index in [2.05, 4.69) is 25.8 Å². The minimum atomic E-state index is -1.17. The van der Waals surface area contributed by atoms with Crippen LogP contribution in [0.4, 0.5) is 0 Å².